The molecule has 154 valence electrons. The van der Waals surface area contributed by atoms with Crippen LogP contribution in [0.25, 0.3) is 10.8 Å². The van der Waals surface area contributed by atoms with Crippen molar-refractivity contribution in [2.24, 2.45) is 0 Å². The average Bonchev–Trinajstić information content (AvgIpc) is 2.84. The van der Waals surface area contributed by atoms with Gasteiger partial charge in [0.05, 0.1) is 0 Å². The number of hydrogen-bond acceptors (Lipinski definition) is 2. The molecule has 0 aliphatic heterocycles. The Bertz CT molecular complexity index is 1150. The molecule has 0 heterocycles. The van der Waals surface area contributed by atoms with Crippen molar-refractivity contribution < 1.29 is 9.59 Å². The molecule has 0 aliphatic rings. The molecule has 2 amide bonds. The maximum Gasteiger partial charge on any atom is 0.251 e. The van der Waals surface area contributed by atoms with E-state index in [1.807, 2.05) is 97.1 Å². The number of benzene rings is 4. The van der Waals surface area contributed by atoms with Crippen LogP contribution in [-0.4, -0.2) is 24.9 Å². The highest BCUT2D eigenvalue weighted by Crippen LogP contribution is 2.29. The van der Waals surface area contributed by atoms with E-state index in [0.29, 0.717) is 5.56 Å². The Kier molecular flexibility index (Phi) is 6.08. The zero-order chi connectivity index (χ0) is 21.6. The van der Waals surface area contributed by atoms with Crippen LogP contribution in [0.1, 0.15) is 27.4 Å². The Morgan fingerprint density at radius 3 is 1.81 bits per heavy atom. The van der Waals surface area contributed by atoms with E-state index in [-0.39, 0.29) is 17.7 Å². The van der Waals surface area contributed by atoms with Gasteiger partial charge in [0.1, 0.15) is 6.04 Å². The molecule has 4 aromatic rings. The van der Waals surface area contributed by atoms with Crippen LogP contribution in [0.2, 0.25) is 0 Å². The molecule has 4 aromatic carbocycles. The first-order valence-electron chi connectivity index (χ1n) is 10.3. The third-order valence-electron chi connectivity index (χ3n) is 5.48. The molecule has 0 bridgehead atoms. The van der Waals surface area contributed by atoms with E-state index in [4.69, 9.17) is 0 Å². The molecule has 0 aromatic heterocycles. The minimum Gasteiger partial charge on any atom is -0.357 e. The number of carbonyl (C=O) groups is 2. The van der Waals surface area contributed by atoms with Crippen molar-refractivity contribution in [1.82, 2.24) is 10.6 Å². The third-order valence-corrected chi connectivity index (χ3v) is 5.48. The lowest BCUT2D eigenvalue weighted by atomic mass is 9.84. The zero-order valence-corrected chi connectivity index (χ0v) is 17.3. The summed E-state index contributed by atoms with van der Waals surface area (Å²) in [4.78, 5) is 26.1. The molecule has 0 fully saturated rings. The molecule has 1 atom stereocenters. The van der Waals surface area contributed by atoms with Crippen LogP contribution >= 0.6 is 0 Å². The van der Waals surface area contributed by atoms with Crippen LogP contribution in [-0.2, 0) is 4.79 Å². The van der Waals surface area contributed by atoms with Gasteiger partial charge < -0.3 is 10.6 Å². The normalized spacial score (nSPS) is 11.8. The minimum absolute atomic E-state index is 0.244. The minimum atomic E-state index is -0.770. The number of rotatable bonds is 6. The smallest absolute Gasteiger partial charge is 0.251 e. The molecular formula is C27H24N2O2. The Labute approximate surface area is 181 Å². The molecule has 0 saturated carbocycles. The number of hydrogen-bond donors (Lipinski definition) is 2. The molecule has 0 radical (unpaired) electrons. The van der Waals surface area contributed by atoms with Gasteiger partial charge >= 0.3 is 0 Å². The number of amides is 2. The van der Waals surface area contributed by atoms with E-state index >= 15 is 0 Å². The van der Waals surface area contributed by atoms with Gasteiger partial charge in [-0.3, -0.25) is 9.59 Å². The standard InChI is InChI=1S/C27H24N2O2/c1-28-27(31)25(24(20-11-4-2-5-12-20)21-13-6-3-7-14-21)29-26(30)23-17-16-19-10-8-9-15-22(19)18-23/h2-18,24-25H,1H3,(H,28,31)(H,29,30)/t25-/m0/s1. The van der Waals surface area contributed by atoms with Crippen molar-refractivity contribution in [3.05, 3.63) is 120 Å². The third kappa shape index (κ3) is 4.48. The van der Waals surface area contributed by atoms with Gasteiger partial charge in [-0.1, -0.05) is 91.0 Å². The molecule has 4 heteroatoms. The summed E-state index contributed by atoms with van der Waals surface area (Å²) in [6.07, 6.45) is 0. The van der Waals surface area contributed by atoms with Crippen LogP contribution in [0, 0.1) is 0 Å². The summed E-state index contributed by atoms with van der Waals surface area (Å²) in [5.74, 6) is -0.852. The maximum absolute atomic E-state index is 13.2. The van der Waals surface area contributed by atoms with Crippen LogP contribution in [0.15, 0.2) is 103 Å². The van der Waals surface area contributed by atoms with Gasteiger partial charge in [0.15, 0.2) is 0 Å². The molecule has 0 saturated heterocycles. The Morgan fingerprint density at radius 2 is 1.23 bits per heavy atom. The largest absolute Gasteiger partial charge is 0.357 e. The van der Waals surface area contributed by atoms with Gasteiger partial charge in [0, 0.05) is 18.5 Å². The van der Waals surface area contributed by atoms with Gasteiger partial charge in [-0.15, -0.1) is 0 Å². The SMILES string of the molecule is CNC(=O)[C@@H](NC(=O)c1ccc2ccccc2c1)C(c1ccccc1)c1ccccc1. The first kappa shape index (κ1) is 20.4. The summed E-state index contributed by atoms with van der Waals surface area (Å²) in [7, 11) is 1.59. The van der Waals surface area contributed by atoms with Crippen molar-refractivity contribution >= 4 is 22.6 Å². The first-order chi connectivity index (χ1) is 15.2. The van der Waals surface area contributed by atoms with Crippen LogP contribution in [0.3, 0.4) is 0 Å². The fourth-order valence-electron chi connectivity index (χ4n) is 3.91. The van der Waals surface area contributed by atoms with Crippen LogP contribution in [0.4, 0.5) is 0 Å². The Morgan fingerprint density at radius 1 is 0.677 bits per heavy atom. The molecule has 4 rings (SSSR count). The summed E-state index contributed by atoms with van der Waals surface area (Å²) >= 11 is 0. The second-order valence-electron chi connectivity index (χ2n) is 7.43. The summed E-state index contributed by atoms with van der Waals surface area (Å²) in [5.41, 5.74) is 2.44. The monoisotopic (exact) mass is 408 g/mol. The molecular weight excluding hydrogens is 384 g/mol. The first-order valence-corrected chi connectivity index (χ1v) is 10.3. The van der Waals surface area contributed by atoms with Crippen LogP contribution in [0.5, 0.6) is 0 Å². The van der Waals surface area contributed by atoms with Gasteiger partial charge in [-0.25, -0.2) is 0 Å². The quantitative estimate of drug-likeness (QED) is 0.493. The number of fused-ring (bicyclic) bond motifs is 1. The Balaban J connectivity index is 1.72. The van der Waals surface area contributed by atoms with Crippen molar-refractivity contribution in [3.8, 4) is 0 Å². The average molecular weight is 409 g/mol. The number of carbonyl (C=O) groups excluding carboxylic acids is 2. The second kappa shape index (κ2) is 9.26. The maximum atomic E-state index is 13.2. The summed E-state index contributed by atoms with van der Waals surface area (Å²) in [6.45, 7) is 0. The highest BCUT2D eigenvalue weighted by atomic mass is 16.2. The second-order valence-corrected chi connectivity index (χ2v) is 7.43. The van der Waals surface area contributed by atoms with Crippen molar-refractivity contribution in [3.63, 3.8) is 0 Å². The molecule has 0 aliphatic carbocycles. The molecule has 0 unspecified atom stereocenters. The van der Waals surface area contributed by atoms with E-state index in [0.717, 1.165) is 21.9 Å². The fourth-order valence-corrected chi connectivity index (χ4v) is 3.91. The predicted molar refractivity (Wildman–Crippen MR) is 124 cm³/mol. The van der Waals surface area contributed by atoms with E-state index < -0.39 is 6.04 Å². The van der Waals surface area contributed by atoms with Crippen molar-refractivity contribution in [1.29, 1.82) is 0 Å². The molecule has 4 nitrogen and oxygen atoms in total. The topological polar surface area (TPSA) is 58.2 Å². The lowest BCUT2D eigenvalue weighted by molar-refractivity contribution is -0.122. The van der Waals surface area contributed by atoms with Gasteiger partial charge in [0.2, 0.25) is 5.91 Å². The van der Waals surface area contributed by atoms with E-state index in [1.54, 1.807) is 13.1 Å². The molecule has 0 spiro atoms. The lowest BCUT2D eigenvalue weighted by Gasteiger charge is -2.28. The lowest BCUT2D eigenvalue weighted by Crippen LogP contribution is -2.49. The number of likely N-dealkylation sites (N-methyl/N-ethyl adjacent to an activating group) is 1. The molecule has 31 heavy (non-hydrogen) atoms. The van der Waals surface area contributed by atoms with E-state index in [1.165, 1.54) is 0 Å². The number of nitrogens with one attached hydrogen (secondary N) is 2. The van der Waals surface area contributed by atoms with E-state index in [9.17, 15) is 9.59 Å². The Hall–Kier alpha value is -3.92. The highest BCUT2D eigenvalue weighted by molar-refractivity contribution is 6.01. The van der Waals surface area contributed by atoms with Crippen LogP contribution < -0.4 is 10.6 Å². The van der Waals surface area contributed by atoms with Crippen molar-refractivity contribution in [2.75, 3.05) is 7.05 Å². The van der Waals surface area contributed by atoms with Gasteiger partial charge in [-0.05, 0) is 34.0 Å². The summed E-state index contributed by atoms with van der Waals surface area (Å²) in [6, 6.07) is 32.3. The molecule has 2 N–H and O–H groups in total. The summed E-state index contributed by atoms with van der Waals surface area (Å²) < 4.78 is 0. The predicted octanol–water partition coefficient (Wildman–Crippen LogP) is 4.52. The van der Waals surface area contributed by atoms with E-state index in [2.05, 4.69) is 10.6 Å². The zero-order valence-electron chi connectivity index (χ0n) is 17.3. The fraction of sp³-hybridized carbons (Fsp3) is 0.111. The van der Waals surface area contributed by atoms with Gasteiger partial charge in [0.25, 0.3) is 5.91 Å². The summed E-state index contributed by atoms with van der Waals surface area (Å²) in [5, 5.41) is 7.76. The highest BCUT2D eigenvalue weighted by Gasteiger charge is 2.32. The van der Waals surface area contributed by atoms with Gasteiger partial charge in [-0.2, -0.15) is 0 Å². The van der Waals surface area contributed by atoms with Crippen molar-refractivity contribution in [2.45, 2.75) is 12.0 Å².